The third-order valence-electron chi connectivity index (χ3n) is 3.85. The molecule has 3 heteroatoms. The summed E-state index contributed by atoms with van der Waals surface area (Å²) in [5, 5.41) is 12.5. The zero-order valence-electron chi connectivity index (χ0n) is 11.2. The normalized spacial score (nSPS) is 32.1. The van der Waals surface area contributed by atoms with Crippen molar-refractivity contribution < 1.29 is 0 Å². The van der Waals surface area contributed by atoms with Crippen molar-refractivity contribution >= 4 is 0 Å². The summed E-state index contributed by atoms with van der Waals surface area (Å²) in [5.74, 6) is 1.63. The second kappa shape index (κ2) is 5.84. The maximum Gasteiger partial charge on any atom is 0.0967 e. The first kappa shape index (κ1) is 12.9. The van der Waals surface area contributed by atoms with Crippen molar-refractivity contribution in [3.63, 3.8) is 0 Å². The number of nitrogens with zero attached hydrogens (tertiary/aromatic N) is 2. The van der Waals surface area contributed by atoms with E-state index in [-0.39, 0.29) is 6.04 Å². The first-order valence-electron chi connectivity index (χ1n) is 7.05. The molecule has 1 saturated heterocycles. The molecule has 1 N–H and O–H groups in total. The fourth-order valence-corrected chi connectivity index (χ4v) is 3.01. The van der Waals surface area contributed by atoms with E-state index in [1.54, 1.807) is 0 Å². The minimum atomic E-state index is 0.0649. The fourth-order valence-electron chi connectivity index (χ4n) is 3.01. The van der Waals surface area contributed by atoms with E-state index in [4.69, 9.17) is 5.26 Å². The van der Waals surface area contributed by atoms with Gasteiger partial charge in [-0.25, -0.2) is 0 Å². The molecule has 2 rings (SSSR count). The molecule has 0 spiro atoms. The predicted molar refractivity (Wildman–Crippen MR) is 69.6 cm³/mol. The third-order valence-corrected chi connectivity index (χ3v) is 3.85. The molecule has 0 bridgehead atoms. The smallest absolute Gasteiger partial charge is 0.0967 e. The predicted octanol–water partition coefficient (Wildman–Crippen LogP) is 2.00. The van der Waals surface area contributed by atoms with Gasteiger partial charge < -0.3 is 4.90 Å². The molecule has 3 nitrogen and oxygen atoms in total. The van der Waals surface area contributed by atoms with Crippen molar-refractivity contribution in [3.8, 4) is 6.07 Å². The minimum Gasteiger partial charge on any atom is -0.303 e. The van der Waals surface area contributed by atoms with Gasteiger partial charge in [-0.3, -0.25) is 5.32 Å². The van der Waals surface area contributed by atoms with Gasteiger partial charge >= 0.3 is 0 Å². The Morgan fingerprint density at radius 3 is 2.47 bits per heavy atom. The Morgan fingerprint density at radius 2 is 1.94 bits per heavy atom. The Morgan fingerprint density at radius 1 is 1.29 bits per heavy atom. The Balaban J connectivity index is 1.70. The molecule has 2 aliphatic rings. The summed E-state index contributed by atoms with van der Waals surface area (Å²) in [7, 11) is 0. The van der Waals surface area contributed by atoms with Gasteiger partial charge in [-0.1, -0.05) is 13.8 Å². The van der Waals surface area contributed by atoms with Gasteiger partial charge in [-0.15, -0.1) is 0 Å². The van der Waals surface area contributed by atoms with E-state index < -0.39 is 0 Å². The van der Waals surface area contributed by atoms with Crippen molar-refractivity contribution in [2.24, 2.45) is 11.8 Å². The van der Waals surface area contributed by atoms with E-state index >= 15 is 0 Å². The molecule has 0 aromatic heterocycles. The zero-order chi connectivity index (χ0) is 12.3. The summed E-state index contributed by atoms with van der Waals surface area (Å²) in [6, 6.07) is 3.10. The van der Waals surface area contributed by atoms with E-state index in [0.29, 0.717) is 6.04 Å². The molecule has 17 heavy (non-hydrogen) atoms. The first-order chi connectivity index (χ1) is 8.17. The number of nitrogens with one attached hydrogen (secondary N) is 1. The lowest BCUT2D eigenvalue weighted by Gasteiger charge is -2.35. The van der Waals surface area contributed by atoms with Crippen LogP contribution in [0.5, 0.6) is 0 Å². The molecule has 1 aliphatic carbocycles. The Hall–Kier alpha value is -0.590. The number of hydrogen-bond donors (Lipinski definition) is 1. The van der Waals surface area contributed by atoms with Gasteiger partial charge in [0, 0.05) is 25.7 Å². The zero-order valence-corrected chi connectivity index (χ0v) is 11.2. The monoisotopic (exact) mass is 235 g/mol. The second-order valence-corrected chi connectivity index (χ2v) is 6.12. The molecule has 2 fully saturated rings. The summed E-state index contributed by atoms with van der Waals surface area (Å²) in [4.78, 5) is 2.54. The van der Waals surface area contributed by atoms with E-state index in [2.05, 4.69) is 30.1 Å². The number of nitriles is 1. The van der Waals surface area contributed by atoms with Crippen LogP contribution in [-0.4, -0.2) is 36.6 Å². The topological polar surface area (TPSA) is 39.1 Å². The van der Waals surface area contributed by atoms with E-state index in [0.717, 1.165) is 24.8 Å². The number of rotatable bonds is 5. The second-order valence-electron chi connectivity index (χ2n) is 6.12. The number of likely N-dealkylation sites (tertiary alicyclic amines) is 1. The molecule has 1 heterocycles. The summed E-state index contributed by atoms with van der Waals surface area (Å²) < 4.78 is 0. The van der Waals surface area contributed by atoms with Crippen LogP contribution >= 0.6 is 0 Å². The molecular weight excluding hydrogens is 210 g/mol. The SMILES string of the molecule is CC1CC(C)CN(CCC(C#N)NC2CC2)C1. The lowest BCUT2D eigenvalue weighted by molar-refractivity contribution is 0.137. The van der Waals surface area contributed by atoms with Crippen molar-refractivity contribution in [2.75, 3.05) is 19.6 Å². The van der Waals surface area contributed by atoms with Crippen molar-refractivity contribution in [1.82, 2.24) is 10.2 Å². The molecule has 3 unspecified atom stereocenters. The Kier molecular flexibility index (Phi) is 4.42. The summed E-state index contributed by atoms with van der Waals surface area (Å²) in [6.07, 6.45) is 4.86. The van der Waals surface area contributed by atoms with Crippen molar-refractivity contribution in [1.29, 1.82) is 5.26 Å². The lowest BCUT2D eigenvalue weighted by Crippen LogP contribution is -2.41. The minimum absolute atomic E-state index is 0.0649. The highest BCUT2D eigenvalue weighted by molar-refractivity contribution is 4.96. The number of piperidine rings is 1. The van der Waals surface area contributed by atoms with Crippen LogP contribution in [0.4, 0.5) is 0 Å². The quantitative estimate of drug-likeness (QED) is 0.792. The summed E-state index contributed by atoms with van der Waals surface area (Å²) in [6.45, 7) is 8.18. The van der Waals surface area contributed by atoms with Crippen LogP contribution in [0.1, 0.15) is 39.5 Å². The van der Waals surface area contributed by atoms with E-state index in [9.17, 15) is 0 Å². The molecule has 0 amide bonds. The van der Waals surface area contributed by atoms with Gasteiger partial charge in [0.2, 0.25) is 0 Å². The molecule has 1 aliphatic heterocycles. The first-order valence-corrected chi connectivity index (χ1v) is 7.05. The fraction of sp³-hybridized carbons (Fsp3) is 0.929. The van der Waals surface area contributed by atoms with Crippen LogP contribution < -0.4 is 5.32 Å². The van der Waals surface area contributed by atoms with Crippen LogP contribution in [0.15, 0.2) is 0 Å². The van der Waals surface area contributed by atoms with Crippen LogP contribution in [0, 0.1) is 23.2 Å². The van der Waals surface area contributed by atoms with Crippen molar-refractivity contribution in [3.05, 3.63) is 0 Å². The van der Waals surface area contributed by atoms with Gasteiger partial charge in [0.05, 0.1) is 12.1 Å². The maximum atomic E-state index is 9.11. The molecule has 0 radical (unpaired) electrons. The number of hydrogen-bond acceptors (Lipinski definition) is 3. The Labute approximate surface area is 105 Å². The van der Waals surface area contributed by atoms with E-state index in [1.165, 1.54) is 32.4 Å². The van der Waals surface area contributed by atoms with Gasteiger partial charge in [0.1, 0.15) is 0 Å². The lowest BCUT2D eigenvalue weighted by atomic mass is 9.92. The molecule has 1 saturated carbocycles. The summed E-state index contributed by atoms with van der Waals surface area (Å²) in [5.41, 5.74) is 0. The largest absolute Gasteiger partial charge is 0.303 e. The van der Waals surface area contributed by atoms with E-state index in [1.807, 2.05) is 0 Å². The molecule has 3 atom stereocenters. The molecule has 0 aromatic carbocycles. The van der Waals surface area contributed by atoms with Gasteiger partial charge in [0.15, 0.2) is 0 Å². The van der Waals surface area contributed by atoms with Gasteiger partial charge in [-0.05, 0) is 37.5 Å². The summed E-state index contributed by atoms with van der Waals surface area (Å²) >= 11 is 0. The van der Waals surface area contributed by atoms with Gasteiger partial charge in [0.25, 0.3) is 0 Å². The van der Waals surface area contributed by atoms with Crippen LogP contribution in [0.3, 0.4) is 0 Å². The van der Waals surface area contributed by atoms with Crippen LogP contribution in [0.25, 0.3) is 0 Å². The maximum absolute atomic E-state index is 9.11. The average Bonchev–Trinajstić information content (AvgIpc) is 3.06. The molecule has 0 aromatic rings. The molecular formula is C14H25N3. The molecule has 96 valence electrons. The van der Waals surface area contributed by atoms with Crippen LogP contribution in [0.2, 0.25) is 0 Å². The van der Waals surface area contributed by atoms with Crippen LogP contribution in [-0.2, 0) is 0 Å². The highest BCUT2D eigenvalue weighted by atomic mass is 15.1. The highest BCUT2D eigenvalue weighted by Crippen LogP contribution is 2.22. The van der Waals surface area contributed by atoms with Crippen molar-refractivity contribution in [2.45, 2.75) is 51.6 Å². The highest BCUT2D eigenvalue weighted by Gasteiger charge is 2.26. The standard InChI is InChI=1S/C14H25N3/c1-11-7-12(2)10-17(9-11)6-5-14(8-15)16-13-3-4-13/h11-14,16H,3-7,9-10H2,1-2H3. The third kappa shape index (κ3) is 4.29. The Bertz CT molecular complexity index is 270. The average molecular weight is 235 g/mol. The van der Waals surface area contributed by atoms with Gasteiger partial charge in [-0.2, -0.15) is 5.26 Å².